The number of benzene rings is 1. The van der Waals surface area contributed by atoms with Crippen molar-refractivity contribution >= 4 is 23.6 Å². The monoisotopic (exact) mass is 492 g/mol. The van der Waals surface area contributed by atoms with E-state index in [9.17, 15) is 29.4 Å². The second-order valence-corrected chi connectivity index (χ2v) is 8.67. The fraction of sp³-hybridized carbons (Fsp3) is 0.600. The van der Waals surface area contributed by atoms with Gasteiger partial charge >= 0.3 is 0 Å². The van der Waals surface area contributed by atoms with Gasteiger partial charge in [0.1, 0.15) is 6.10 Å². The normalized spacial score (nSPS) is 13.4. The molecular weight excluding hydrogens is 452 g/mol. The second-order valence-electron chi connectivity index (χ2n) is 8.67. The Labute approximate surface area is 207 Å². The van der Waals surface area contributed by atoms with E-state index in [0.717, 1.165) is 25.7 Å². The number of carbonyl (C=O) groups excluding carboxylic acids is 4. The number of nitrogens with zero attached hydrogens (tertiary/aromatic N) is 1. The molecule has 3 atom stereocenters. The fourth-order valence-corrected chi connectivity index (χ4v) is 3.76. The molecule has 0 radical (unpaired) electrons. The van der Waals surface area contributed by atoms with Gasteiger partial charge in [0.05, 0.1) is 12.1 Å². The van der Waals surface area contributed by atoms with E-state index in [1.165, 1.54) is 25.1 Å². The topological polar surface area (TPSA) is 162 Å². The predicted molar refractivity (Wildman–Crippen MR) is 133 cm³/mol. The molecule has 0 aliphatic heterocycles. The maximum Gasteiger partial charge on any atom is 0.253 e. The van der Waals surface area contributed by atoms with Crippen LogP contribution in [0.15, 0.2) is 18.2 Å². The maximum atomic E-state index is 13.0. The zero-order chi connectivity index (χ0) is 26.5. The molecule has 196 valence electrons. The quantitative estimate of drug-likeness (QED) is 0.247. The number of aliphatic hydroxyl groups excluding tert-OH is 2. The zero-order valence-electron chi connectivity index (χ0n) is 21.2. The standard InChI is InChI=1S/C25H40N4O6/c1-5-8-9-20(28-16(4)30)22(32)21(31)15-27-24(34)18-12-17(23(26)33)13-19(14-18)25(35)29(10-6-2)11-7-3/h12-14,20-22,31-32H,5-11,15H2,1-4H3,(H2,26,33)(H,27,34)(H,28,30). The van der Waals surface area contributed by atoms with Gasteiger partial charge in [-0.25, -0.2) is 0 Å². The average Bonchev–Trinajstić information content (AvgIpc) is 2.83. The molecule has 10 heteroatoms. The molecule has 0 aliphatic rings. The minimum Gasteiger partial charge on any atom is -0.388 e. The van der Waals surface area contributed by atoms with Crippen LogP contribution in [0.1, 0.15) is 90.9 Å². The van der Waals surface area contributed by atoms with Crippen LogP contribution in [0, 0.1) is 0 Å². The van der Waals surface area contributed by atoms with Crippen LogP contribution in [-0.2, 0) is 4.79 Å². The fourth-order valence-electron chi connectivity index (χ4n) is 3.76. The lowest BCUT2D eigenvalue weighted by atomic mass is 9.99. The van der Waals surface area contributed by atoms with E-state index in [0.29, 0.717) is 19.5 Å². The van der Waals surface area contributed by atoms with Crippen LogP contribution in [0.2, 0.25) is 0 Å². The summed E-state index contributed by atoms with van der Waals surface area (Å²) in [6.07, 6.45) is 0.930. The highest BCUT2D eigenvalue weighted by Gasteiger charge is 2.27. The Morgan fingerprint density at radius 3 is 2.03 bits per heavy atom. The Morgan fingerprint density at radius 2 is 1.51 bits per heavy atom. The number of carbonyl (C=O) groups is 4. The first-order valence-corrected chi connectivity index (χ1v) is 12.2. The Morgan fingerprint density at radius 1 is 0.943 bits per heavy atom. The summed E-state index contributed by atoms with van der Waals surface area (Å²) >= 11 is 0. The van der Waals surface area contributed by atoms with Crippen molar-refractivity contribution in [3.05, 3.63) is 34.9 Å². The van der Waals surface area contributed by atoms with Gasteiger partial charge in [-0.2, -0.15) is 0 Å². The number of primary amides is 1. The average molecular weight is 493 g/mol. The van der Waals surface area contributed by atoms with E-state index in [1.807, 2.05) is 20.8 Å². The molecule has 0 saturated heterocycles. The molecule has 0 bridgehead atoms. The van der Waals surface area contributed by atoms with Gasteiger partial charge < -0.3 is 31.5 Å². The van der Waals surface area contributed by atoms with Gasteiger partial charge in [-0.15, -0.1) is 0 Å². The molecule has 4 amide bonds. The van der Waals surface area contributed by atoms with Crippen LogP contribution in [0.25, 0.3) is 0 Å². The largest absolute Gasteiger partial charge is 0.388 e. The minimum absolute atomic E-state index is 0.0137. The van der Waals surface area contributed by atoms with Crippen LogP contribution < -0.4 is 16.4 Å². The van der Waals surface area contributed by atoms with Crippen LogP contribution in [0.4, 0.5) is 0 Å². The van der Waals surface area contributed by atoms with Gasteiger partial charge in [-0.1, -0.05) is 33.6 Å². The van der Waals surface area contributed by atoms with Gasteiger partial charge in [0.2, 0.25) is 11.8 Å². The third-order valence-corrected chi connectivity index (χ3v) is 5.54. The molecule has 0 saturated carbocycles. The summed E-state index contributed by atoms with van der Waals surface area (Å²) in [7, 11) is 0. The first-order valence-electron chi connectivity index (χ1n) is 12.2. The molecule has 0 heterocycles. The first-order chi connectivity index (χ1) is 16.5. The minimum atomic E-state index is -1.35. The van der Waals surface area contributed by atoms with Crippen molar-refractivity contribution in [2.75, 3.05) is 19.6 Å². The third-order valence-electron chi connectivity index (χ3n) is 5.54. The molecule has 0 spiro atoms. The van der Waals surface area contributed by atoms with Crippen molar-refractivity contribution in [3.8, 4) is 0 Å². The van der Waals surface area contributed by atoms with Crippen LogP contribution in [0.5, 0.6) is 0 Å². The number of nitrogens with two attached hydrogens (primary N) is 1. The lowest BCUT2D eigenvalue weighted by molar-refractivity contribution is -0.121. The molecule has 1 aromatic carbocycles. The molecule has 6 N–H and O–H groups in total. The smallest absolute Gasteiger partial charge is 0.253 e. The summed E-state index contributed by atoms with van der Waals surface area (Å²) in [5.41, 5.74) is 5.63. The lowest BCUT2D eigenvalue weighted by Gasteiger charge is -2.27. The Balaban J connectivity index is 3.04. The van der Waals surface area contributed by atoms with Crippen molar-refractivity contribution in [2.45, 2.75) is 78.0 Å². The zero-order valence-corrected chi connectivity index (χ0v) is 21.2. The molecule has 1 rings (SSSR count). The summed E-state index contributed by atoms with van der Waals surface area (Å²) in [6.45, 7) is 7.97. The highest BCUT2D eigenvalue weighted by molar-refractivity contribution is 6.04. The summed E-state index contributed by atoms with van der Waals surface area (Å²) in [5, 5.41) is 26.1. The van der Waals surface area contributed by atoms with Crippen molar-refractivity contribution in [2.24, 2.45) is 5.73 Å². The van der Waals surface area contributed by atoms with Crippen molar-refractivity contribution < 1.29 is 29.4 Å². The van der Waals surface area contributed by atoms with Gasteiger partial charge in [0, 0.05) is 43.2 Å². The molecule has 1 aromatic rings. The van der Waals surface area contributed by atoms with Gasteiger partial charge in [0.15, 0.2) is 0 Å². The number of unbranched alkanes of at least 4 members (excludes halogenated alkanes) is 1. The molecule has 35 heavy (non-hydrogen) atoms. The van der Waals surface area contributed by atoms with Crippen LogP contribution >= 0.6 is 0 Å². The SMILES string of the molecule is CCCCC(NC(C)=O)C(O)C(O)CNC(=O)c1cc(C(N)=O)cc(C(=O)N(CCC)CCC)c1. The van der Waals surface area contributed by atoms with E-state index in [-0.39, 0.29) is 35.0 Å². The first kappa shape index (κ1) is 30.1. The Bertz CT molecular complexity index is 870. The highest BCUT2D eigenvalue weighted by atomic mass is 16.3. The number of hydrogen-bond donors (Lipinski definition) is 5. The van der Waals surface area contributed by atoms with Crippen molar-refractivity contribution in [3.63, 3.8) is 0 Å². The third kappa shape index (κ3) is 9.65. The summed E-state index contributed by atoms with van der Waals surface area (Å²) in [4.78, 5) is 50.8. The molecule has 10 nitrogen and oxygen atoms in total. The number of nitrogens with one attached hydrogen (secondary N) is 2. The van der Waals surface area contributed by atoms with Crippen molar-refractivity contribution in [1.29, 1.82) is 0 Å². The van der Waals surface area contributed by atoms with E-state index >= 15 is 0 Å². The van der Waals surface area contributed by atoms with E-state index in [1.54, 1.807) is 4.90 Å². The van der Waals surface area contributed by atoms with E-state index < -0.39 is 30.1 Å². The second kappa shape index (κ2) is 15.1. The number of hydrogen-bond acceptors (Lipinski definition) is 6. The summed E-state index contributed by atoms with van der Waals surface area (Å²) in [6, 6.07) is 3.36. The van der Waals surface area contributed by atoms with Gasteiger partial charge in [-0.05, 0) is 37.5 Å². The van der Waals surface area contributed by atoms with Gasteiger partial charge in [-0.3, -0.25) is 19.2 Å². The Kier molecular flexibility index (Phi) is 13.0. The lowest BCUT2D eigenvalue weighted by Crippen LogP contribution is -2.51. The summed E-state index contributed by atoms with van der Waals surface area (Å²) < 4.78 is 0. The van der Waals surface area contributed by atoms with Crippen LogP contribution in [-0.4, -0.2) is 76.6 Å². The van der Waals surface area contributed by atoms with Crippen molar-refractivity contribution in [1.82, 2.24) is 15.5 Å². The molecule has 0 fully saturated rings. The molecular formula is C25H40N4O6. The van der Waals surface area contributed by atoms with Gasteiger partial charge in [0.25, 0.3) is 11.8 Å². The van der Waals surface area contributed by atoms with E-state index in [2.05, 4.69) is 10.6 Å². The number of aliphatic hydroxyl groups is 2. The van der Waals surface area contributed by atoms with E-state index in [4.69, 9.17) is 5.73 Å². The molecule has 0 aliphatic carbocycles. The number of rotatable bonds is 15. The highest BCUT2D eigenvalue weighted by Crippen LogP contribution is 2.15. The summed E-state index contributed by atoms with van der Waals surface area (Å²) in [5.74, 6) is -2.07. The Hall–Kier alpha value is -2.98. The predicted octanol–water partition coefficient (Wildman–Crippen LogP) is 1.19. The molecule has 0 aromatic heterocycles. The molecule has 3 unspecified atom stereocenters. The maximum absolute atomic E-state index is 13.0. The number of amides is 4. The van der Waals surface area contributed by atoms with Crippen LogP contribution in [0.3, 0.4) is 0 Å².